The second kappa shape index (κ2) is 7.08. The van der Waals surface area contributed by atoms with Gasteiger partial charge in [-0.1, -0.05) is 6.07 Å². The second-order valence-corrected chi connectivity index (χ2v) is 7.35. The van der Waals surface area contributed by atoms with Crippen molar-refractivity contribution in [2.24, 2.45) is 5.92 Å². The molecule has 0 radical (unpaired) electrons. The molecule has 2 aromatic rings. The number of aromatic nitrogens is 2. The Bertz CT molecular complexity index is 663. The molecule has 2 aromatic heterocycles. The summed E-state index contributed by atoms with van der Waals surface area (Å²) in [6.07, 6.45) is 6.85. The SMILES string of the molecule is Cc1ccc(CCNC(=O)N[C@@H](c2ncc(C)s2)C2CC2)cn1. The maximum absolute atomic E-state index is 12.1. The van der Waals surface area contributed by atoms with Crippen molar-refractivity contribution in [2.45, 2.75) is 39.2 Å². The number of nitrogens with zero attached hydrogens (tertiary/aromatic N) is 2. The van der Waals surface area contributed by atoms with Gasteiger partial charge in [-0.15, -0.1) is 11.3 Å². The topological polar surface area (TPSA) is 66.9 Å². The highest BCUT2D eigenvalue weighted by Gasteiger charge is 2.35. The molecule has 2 N–H and O–H groups in total. The van der Waals surface area contributed by atoms with Crippen LogP contribution in [0.25, 0.3) is 0 Å². The Hall–Kier alpha value is -1.95. The highest BCUT2D eigenvalue weighted by Crippen LogP contribution is 2.41. The van der Waals surface area contributed by atoms with Crippen molar-refractivity contribution in [1.82, 2.24) is 20.6 Å². The Morgan fingerprint density at radius 3 is 2.74 bits per heavy atom. The van der Waals surface area contributed by atoms with Crippen LogP contribution >= 0.6 is 11.3 Å². The Kier molecular flexibility index (Phi) is 4.91. The first-order chi connectivity index (χ1) is 11.1. The minimum atomic E-state index is -0.116. The van der Waals surface area contributed by atoms with Crippen LogP contribution in [0.4, 0.5) is 4.79 Å². The van der Waals surface area contributed by atoms with Crippen LogP contribution in [0.3, 0.4) is 0 Å². The van der Waals surface area contributed by atoms with Crippen LogP contribution in [0, 0.1) is 19.8 Å². The summed E-state index contributed by atoms with van der Waals surface area (Å²) in [5.41, 5.74) is 2.13. The molecule has 1 atom stereocenters. The Labute approximate surface area is 140 Å². The summed E-state index contributed by atoms with van der Waals surface area (Å²) in [6.45, 7) is 4.61. The molecule has 0 spiro atoms. The number of carbonyl (C=O) groups is 1. The predicted molar refractivity (Wildman–Crippen MR) is 91.5 cm³/mol. The van der Waals surface area contributed by atoms with Crippen molar-refractivity contribution < 1.29 is 4.79 Å². The van der Waals surface area contributed by atoms with Gasteiger partial charge in [0, 0.05) is 29.5 Å². The monoisotopic (exact) mass is 330 g/mol. The first-order valence-electron chi connectivity index (χ1n) is 8.00. The van der Waals surface area contributed by atoms with Gasteiger partial charge in [-0.05, 0) is 50.7 Å². The van der Waals surface area contributed by atoms with E-state index in [-0.39, 0.29) is 12.1 Å². The Morgan fingerprint density at radius 2 is 2.13 bits per heavy atom. The van der Waals surface area contributed by atoms with E-state index in [0.29, 0.717) is 12.5 Å². The molecule has 0 bridgehead atoms. The molecule has 1 aliphatic carbocycles. The third-order valence-corrected chi connectivity index (χ3v) is 4.95. The van der Waals surface area contributed by atoms with Gasteiger partial charge in [-0.2, -0.15) is 0 Å². The summed E-state index contributed by atoms with van der Waals surface area (Å²) in [5, 5.41) is 7.04. The maximum Gasteiger partial charge on any atom is 0.315 e. The predicted octanol–water partition coefficient (Wildman–Crippen LogP) is 3.15. The normalized spacial score (nSPS) is 15.2. The zero-order valence-corrected chi connectivity index (χ0v) is 14.3. The highest BCUT2D eigenvalue weighted by atomic mass is 32.1. The number of aryl methyl sites for hydroxylation is 2. The van der Waals surface area contributed by atoms with E-state index in [0.717, 1.165) is 22.7 Å². The first-order valence-corrected chi connectivity index (χ1v) is 8.81. The van der Waals surface area contributed by atoms with Crippen molar-refractivity contribution >= 4 is 17.4 Å². The highest BCUT2D eigenvalue weighted by molar-refractivity contribution is 7.11. The van der Waals surface area contributed by atoms with Gasteiger partial charge in [-0.3, -0.25) is 4.98 Å². The fourth-order valence-corrected chi connectivity index (χ4v) is 3.40. The summed E-state index contributed by atoms with van der Waals surface area (Å²) in [7, 11) is 0. The second-order valence-electron chi connectivity index (χ2n) is 6.08. The van der Waals surface area contributed by atoms with Crippen LogP contribution in [0.2, 0.25) is 0 Å². The van der Waals surface area contributed by atoms with E-state index in [1.54, 1.807) is 11.3 Å². The minimum absolute atomic E-state index is 0.0507. The lowest BCUT2D eigenvalue weighted by Gasteiger charge is -2.16. The summed E-state index contributed by atoms with van der Waals surface area (Å²) in [6, 6.07) is 3.97. The molecule has 1 aliphatic rings. The molecular weight excluding hydrogens is 308 g/mol. The number of thiazole rings is 1. The van der Waals surface area contributed by atoms with Crippen molar-refractivity contribution in [2.75, 3.05) is 6.54 Å². The van der Waals surface area contributed by atoms with E-state index in [4.69, 9.17) is 0 Å². The number of pyridine rings is 1. The summed E-state index contributed by atoms with van der Waals surface area (Å²) in [4.78, 5) is 22.0. The molecule has 0 aliphatic heterocycles. The maximum atomic E-state index is 12.1. The van der Waals surface area contributed by atoms with Crippen LogP contribution in [-0.2, 0) is 6.42 Å². The standard InChI is InChI=1S/C17H22N4OS/c1-11-3-4-13(10-19-11)7-8-18-17(22)21-15(14-5-6-14)16-20-9-12(2)23-16/h3-4,9-10,14-15H,5-8H2,1-2H3,(H2,18,21,22)/t15-/m1/s1. The number of hydrogen-bond acceptors (Lipinski definition) is 4. The van der Waals surface area contributed by atoms with Gasteiger partial charge in [-0.25, -0.2) is 9.78 Å². The van der Waals surface area contributed by atoms with Gasteiger partial charge in [0.15, 0.2) is 0 Å². The van der Waals surface area contributed by atoms with Gasteiger partial charge < -0.3 is 10.6 Å². The fourth-order valence-electron chi connectivity index (χ4n) is 2.49. The van der Waals surface area contributed by atoms with E-state index in [1.165, 1.54) is 17.7 Å². The summed E-state index contributed by atoms with van der Waals surface area (Å²) >= 11 is 1.67. The molecule has 2 heterocycles. The molecule has 122 valence electrons. The lowest BCUT2D eigenvalue weighted by atomic mass is 10.2. The number of amides is 2. The molecule has 3 rings (SSSR count). The molecule has 0 saturated heterocycles. The van der Waals surface area contributed by atoms with Crippen LogP contribution in [0.1, 0.15) is 40.0 Å². The average molecular weight is 330 g/mol. The smallest absolute Gasteiger partial charge is 0.315 e. The molecule has 23 heavy (non-hydrogen) atoms. The molecule has 0 unspecified atom stereocenters. The van der Waals surface area contributed by atoms with Crippen molar-refractivity contribution in [1.29, 1.82) is 0 Å². The van der Waals surface area contributed by atoms with Gasteiger partial charge in [0.1, 0.15) is 5.01 Å². The van der Waals surface area contributed by atoms with Crippen molar-refractivity contribution in [3.63, 3.8) is 0 Å². The summed E-state index contributed by atoms with van der Waals surface area (Å²) < 4.78 is 0. The van der Waals surface area contributed by atoms with Gasteiger partial charge >= 0.3 is 6.03 Å². The van der Waals surface area contributed by atoms with Gasteiger partial charge in [0.05, 0.1) is 6.04 Å². The van der Waals surface area contributed by atoms with Gasteiger partial charge in [0.2, 0.25) is 0 Å². The largest absolute Gasteiger partial charge is 0.338 e. The fraction of sp³-hybridized carbons (Fsp3) is 0.471. The number of urea groups is 1. The van der Waals surface area contributed by atoms with E-state index >= 15 is 0 Å². The molecule has 0 aromatic carbocycles. The molecule has 1 fully saturated rings. The number of nitrogens with one attached hydrogen (secondary N) is 2. The molecule has 5 nitrogen and oxygen atoms in total. The molecular formula is C17H22N4OS. The minimum Gasteiger partial charge on any atom is -0.338 e. The van der Waals surface area contributed by atoms with Crippen LogP contribution < -0.4 is 10.6 Å². The quantitative estimate of drug-likeness (QED) is 0.855. The van der Waals surface area contributed by atoms with Crippen molar-refractivity contribution in [3.05, 3.63) is 45.7 Å². The number of rotatable bonds is 6. The lowest BCUT2D eigenvalue weighted by Crippen LogP contribution is -2.39. The van der Waals surface area contributed by atoms with E-state index < -0.39 is 0 Å². The average Bonchev–Trinajstić information content (AvgIpc) is 3.28. The first kappa shape index (κ1) is 15.9. The van der Waals surface area contributed by atoms with E-state index in [2.05, 4.69) is 20.6 Å². The van der Waals surface area contributed by atoms with Crippen LogP contribution in [-0.4, -0.2) is 22.5 Å². The third kappa shape index (κ3) is 4.51. The zero-order valence-electron chi connectivity index (χ0n) is 13.5. The molecule has 1 saturated carbocycles. The third-order valence-electron chi connectivity index (χ3n) is 3.96. The van der Waals surface area contributed by atoms with E-state index in [1.807, 2.05) is 38.4 Å². The van der Waals surface area contributed by atoms with Crippen molar-refractivity contribution in [3.8, 4) is 0 Å². The number of hydrogen-bond donors (Lipinski definition) is 2. The zero-order chi connectivity index (χ0) is 16.2. The Morgan fingerprint density at radius 1 is 1.30 bits per heavy atom. The van der Waals surface area contributed by atoms with Crippen LogP contribution in [0.15, 0.2) is 24.5 Å². The molecule has 2 amide bonds. The lowest BCUT2D eigenvalue weighted by molar-refractivity contribution is 0.235. The van der Waals surface area contributed by atoms with Crippen LogP contribution in [0.5, 0.6) is 0 Å². The summed E-state index contributed by atoms with van der Waals surface area (Å²) in [5.74, 6) is 0.535. The van der Waals surface area contributed by atoms with Gasteiger partial charge in [0.25, 0.3) is 0 Å². The number of carbonyl (C=O) groups excluding carboxylic acids is 1. The molecule has 6 heteroatoms. The van der Waals surface area contributed by atoms with E-state index in [9.17, 15) is 4.79 Å². The Balaban J connectivity index is 1.48.